The van der Waals surface area contributed by atoms with Crippen LogP contribution in [0.2, 0.25) is 0 Å². The van der Waals surface area contributed by atoms with Crippen molar-refractivity contribution in [1.82, 2.24) is 9.97 Å². The molecule has 1 fully saturated rings. The summed E-state index contributed by atoms with van der Waals surface area (Å²) in [4.78, 5) is 10.9. The van der Waals surface area contributed by atoms with Crippen LogP contribution in [-0.2, 0) is 11.2 Å². The third-order valence-corrected chi connectivity index (χ3v) is 3.43. The van der Waals surface area contributed by atoms with Crippen molar-refractivity contribution in [1.29, 1.82) is 0 Å². The SMILES string of the molecule is CCc1nc(N2CCOCC2)nc(N)c1Br. The normalized spacial score (nSPS) is 16.5. The van der Waals surface area contributed by atoms with Crippen LogP contribution in [0, 0.1) is 0 Å². The second-order valence-corrected chi connectivity index (χ2v) is 4.42. The molecule has 0 spiro atoms. The van der Waals surface area contributed by atoms with Gasteiger partial charge in [0.25, 0.3) is 0 Å². The summed E-state index contributed by atoms with van der Waals surface area (Å²) in [5.41, 5.74) is 6.80. The number of anilines is 2. The first-order valence-corrected chi connectivity index (χ1v) is 6.16. The molecular weight excluding hydrogens is 272 g/mol. The van der Waals surface area contributed by atoms with Crippen LogP contribution >= 0.6 is 15.9 Å². The third-order valence-electron chi connectivity index (χ3n) is 2.56. The van der Waals surface area contributed by atoms with Gasteiger partial charge in [0.1, 0.15) is 5.82 Å². The maximum Gasteiger partial charge on any atom is 0.227 e. The van der Waals surface area contributed by atoms with Gasteiger partial charge in [-0.1, -0.05) is 6.92 Å². The molecule has 0 amide bonds. The van der Waals surface area contributed by atoms with Gasteiger partial charge < -0.3 is 15.4 Å². The number of hydrogen-bond acceptors (Lipinski definition) is 5. The zero-order chi connectivity index (χ0) is 11.5. The highest BCUT2D eigenvalue weighted by molar-refractivity contribution is 9.10. The summed E-state index contributed by atoms with van der Waals surface area (Å²) >= 11 is 3.41. The number of morpholine rings is 1. The summed E-state index contributed by atoms with van der Waals surface area (Å²) < 4.78 is 6.11. The molecule has 2 rings (SSSR count). The number of nitrogens with zero attached hydrogens (tertiary/aromatic N) is 3. The summed E-state index contributed by atoms with van der Waals surface area (Å²) in [6.45, 7) is 5.14. The van der Waals surface area contributed by atoms with Gasteiger partial charge in [-0.05, 0) is 22.4 Å². The van der Waals surface area contributed by atoms with Crippen molar-refractivity contribution in [3.8, 4) is 0 Å². The minimum atomic E-state index is 0.508. The van der Waals surface area contributed by atoms with Crippen molar-refractivity contribution in [3.05, 3.63) is 10.2 Å². The molecule has 0 bridgehead atoms. The first-order valence-electron chi connectivity index (χ1n) is 5.37. The molecule has 88 valence electrons. The maximum atomic E-state index is 5.85. The van der Waals surface area contributed by atoms with E-state index in [2.05, 4.69) is 37.7 Å². The number of ether oxygens (including phenoxy) is 1. The number of nitrogen functional groups attached to an aromatic ring is 1. The van der Waals surface area contributed by atoms with Crippen molar-refractivity contribution >= 4 is 27.7 Å². The molecule has 1 aromatic rings. The minimum absolute atomic E-state index is 0.508. The van der Waals surface area contributed by atoms with Crippen LogP contribution in [0.15, 0.2) is 4.47 Å². The van der Waals surface area contributed by atoms with Crippen LogP contribution in [0.25, 0.3) is 0 Å². The van der Waals surface area contributed by atoms with E-state index < -0.39 is 0 Å². The standard InChI is InChI=1S/C10H15BrN4O/c1-2-7-8(11)9(12)14-10(13-7)15-3-5-16-6-4-15/h2-6H2,1H3,(H2,12,13,14). The van der Waals surface area contributed by atoms with E-state index in [4.69, 9.17) is 10.5 Å². The van der Waals surface area contributed by atoms with Crippen molar-refractivity contribution < 1.29 is 4.74 Å². The molecule has 16 heavy (non-hydrogen) atoms. The Morgan fingerprint density at radius 3 is 2.69 bits per heavy atom. The Labute approximate surface area is 103 Å². The molecule has 1 aliphatic rings. The van der Waals surface area contributed by atoms with E-state index in [1.54, 1.807) is 0 Å². The molecule has 0 radical (unpaired) electrons. The lowest BCUT2D eigenvalue weighted by Crippen LogP contribution is -2.37. The van der Waals surface area contributed by atoms with E-state index in [9.17, 15) is 0 Å². The monoisotopic (exact) mass is 286 g/mol. The smallest absolute Gasteiger partial charge is 0.227 e. The molecule has 0 aliphatic carbocycles. The molecule has 1 aromatic heterocycles. The highest BCUT2D eigenvalue weighted by atomic mass is 79.9. The zero-order valence-corrected chi connectivity index (χ0v) is 10.8. The average molecular weight is 287 g/mol. The molecule has 0 aromatic carbocycles. The highest BCUT2D eigenvalue weighted by Gasteiger charge is 2.16. The molecule has 0 unspecified atom stereocenters. The van der Waals surface area contributed by atoms with E-state index in [1.807, 2.05) is 0 Å². The average Bonchev–Trinajstić information content (AvgIpc) is 2.33. The quantitative estimate of drug-likeness (QED) is 0.886. The van der Waals surface area contributed by atoms with E-state index in [0.717, 1.165) is 42.9 Å². The number of aromatic nitrogens is 2. The lowest BCUT2D eigenvalue weighted by molar-refractivity contribution is 0.122. The largest absolute Gasteiger partial charge is 0.383 e. The van der Waals surface area contributed by atoms with Crippen molar-refractivity contribution in [3.63, 3.8) is 0 Å². The van der Waals surface area contributed by atoms with Gasteiger partial charge >= 0.3 is 0 Å². The van der Waals surface area contributed by atoms with Crippen molar-refractivity contribution in [2.75, 3.05) is 36.9 Å². The molecule has 0 saturated carbocycles. The lowest BCUT2D eigenvalue weighted by Gasteiger charge is -2.27. The molecule has 5 nitrogen and oxygen atoms in total. The van der Waals surface area contributed by atoms with Crippen LogP contribution in [-0.4, -0.2) is 36.3 Å². The zero-order valence-electron chi connectivity index (χ0n) is 9.24. The summed E-state index contributed by atoms with van der Waals surface area (Å²) in [7, 11) is 0. The van der Waals surface area contributed by atoms with Crippen molar-refractivity contribution in [2.24, 2.45) is 0 Å². The topological polar surface area (TPSA) is 64.3 Å². The summed E-state index contributed by atoms with van der Waals surface area (Å²) in [6.07, 6.45) is 0.838. The van der Waals surface area contributed by atoms with Gasteiger partial charge in [0, 0.05) is 13.1 Å². The first kappa shape index (κ1) is 11.6. The number of nitrogens with two attached hydrogens (primary N) is 1. The van der Waals surface area contributed by atoms with Gasteiger partial charge in [0.05, 0.1) is 23.4 Å². The van der Waals surface area contributed by atoms with Gasteiger partial charge in [0.2, 0.25) is 5.95 Å². The summed E-state index contributed by atoms with van der Waals surface area (Å²) in [5, 5.41) is 0. The Morgan fingerprint density at radius 1 is 1.38 bits per heavy atom. The van der Waals surface area contributed by atoms with E-state index >= 15 is 0 Å². The Hall–Kier alpha value is -0.880. The predicted octanol–water partition coefficient (Wildman–Crippen LogP) is 1.22. The van der Waals surface area contributed by atoms with Crippen molar-refractivity contribution in [2.45, 2.75) is 13.3 Å². The van der Waals surface area contributed by atoms with Crippen LogP contribution in [0.4, 0.5) is 11.8 Å². The second kappa shape index (κ2) is 4.97. The lowest BCUT2D eigenvalue weighted by atomic mass is 10.3. The molecule has 2 N–H and O–H groups in total. The second-order valence-electron chi connectivity index (χ2n) is 3.62. The van der Waals surface area contributed by atoms with Gasteiger partial charge in [-0.2, -0.15) is 4.98 Å². The Balaban J connectivity index is 2.29. The first-order chi connectivity index (χ1) is 7.72. The minimum Gasteiger partial charge on any atom is -0.383 e. The number of rotatable bonds is 2. The molecule has 0 atom stereocenters. The van der Waals surface area contributed by atoms with Crippen LogP contribution in [0.3, 0.4) is 0 Å². The molecular formula is C10H15BrN4O. The molecule has 6 heteroatoms. The predicted molar refractivity (Wildman–Crippen MR) is 66.6 cm³/mol. The van der Waals surface area contributed by atoms with Crippen LogP contribution in [0.5, 0.6) is 0 Å². The number of halogens is 1. The Bertz CT molecular complexity index is 379. The van der Waals surface area contributed by atoms with E-state index in [-0.39, 0.29) is 0 Å². The fraction of sp³-hybridized carbons (Fsp3) is 0.600. The fourth-order valence-electron chi connectivity index (χ4n) is 1.64. The van der Waals surface area contributed by atoms with Gasteiger partial charge in [-0.15, -0.1) is 0 Å². The van der Waals surface area contributed by atoms with Crippen LogP contribution < -0.4 is 10.6 Å². The van der Waals surface area contributed by atoms with E-state index in [1.165, 1.54) is 0 Å². The summed E-state index contributed by atoms with van der Waals surface area (Å²) in [5.74, 6) is 1.22. The van der Waals surface area contributed by atoms with Gasteiger partial charge in [-0.25, -0.2) is 4.98 Å². The molecule has 2 heterocycles. The van der Waals surface area contributed by atoms with Gasteiger partial charge in [0.15, 0.2) is 0 Å². The van der Waals surface area contributed by atoms with E-state index in [0.29, 0.717) is 11.8 Å². The molecule has 1 aliphatic heterocycles. The Morgan fingerprint density at radius 2 is 2.06 bits per heavy atom. The number of aryl methyl sites for hydroxylation is 1. The molecule has 1 saturated heterocycles. The van der Waals surface area contributed by atoms with Crippen LogP contribution in [0.1, 0.15) is 12.6 Å². The van der Waals surface area contributed by atoms with Gasteiger partial charge in [-0.3, -0.25) is 0 Å². The number of hydrogen-bond donors (Lipinski definition) is 1. The Kier molecular flexibility index (Phi) is 3.60. The maximum absolute atomic E-state index is 5.85. The third kappa shape index (κ3) is 2.27. The summed E-state index contributed by atoms with van der Waals surface area (Å²) in [6, 6.07) is 0. The fourth-order valence-corrected chi connectivity index (χ4v) is 2.10. The highest BCUT2D eigenvalue weighted by Crippen LogP contribution is 2.24.